The fourth-order valence-electron chi connectivity index (χ4n) is 2.79. The van der Waals surface area contributed by atoms with Gasteiger partial charge >= 0.3 is 5.97 Å². The third-order valence-corrected chi connectivity index (χ3v) is 4.35. The minimum Gasteiger partial charge on any atom is -0.480 e. The highest BCUT2D eigenvalue weighted by atomic mass is 35.5. The Morgan fingerprint density at radius 3 is 2.46 bits per heavy atom. The van der Waals surface area contributed by atoms with Crippen molar-refractivity contribution in [2.45, 2.75) is 13.0 Å². The summed E-state index contributed by atoms with van der Waals surface area (Å²) in [6, 6.07) is 14.9. The van der Waals surface area contributed by atoms with Crippen LogP contribution in [0, 0.1) is 5.82 Å². The summed E-state index contributed by atoms with van der Waals surface area (Å²) in [5.74, 6) is -1.70. The number of hydrogen-bond acceptors (Lipinski definition) is 4. The summed E-state index contributed by atoms with van der Waals surface area (Å²) in [5, 5.41) is 12.1. The van der Waals surface area contributed by atoms with Gasteiger partial charge in [-0.15, -0.1) is 0 Å². The maximum absolute atomic E-state index is 13.2. The van der Waals surface area contributed by atoms with E-state index in [1.807, 2.05) is 30.3 Å². The number of anilines is 1. The van der Waals surface area contributed by atoms with Crippen LogP contribution in [-0.2, 0) is 17.8 Å². The van der Waals surface area contributed by atoms with Gasteiger partial charge in [0.15, 0.2) is 11.0 Å². The molecule has 0 atom stereocenters. The normalized spacial score (nSPS) is 10.6. The van der Waals surface area contributed by atoms with Crippen molar-refractivity contribution in [3.63, 3.8) is 0 Å². The van der Waals surface area contributed by atoms with Gasteiger partial charge in [-0.2, -0.15) is 0 Å². The zero-order valence-corrected chi connectivity index (χ0v) is 15.5. The van der Waals surface area contributed by atoms with Crippen molar-refractivity contribution in [1.82, 2.24) is 9.55 Å². The minimum atomic E-state index is -1.21. The molecule has 28 heavy (non-hydrogen) atoms. The fraction of sp³-hybridized carbons (Fsp3) is 0.150. The first-order chi connectivity index (χ1) is 13.5. The van der Waals surface area contributed by atoms with Gasteiger partial charge in [-0.3, -0.25) is 14.2 Å². The van der Waals surface area contributed by atoms with Crippen LogP contribution in [0.1, 0.15) is 5.56 Å². The molecule has 144 valence electrons. The maximum atomic E-state index is 13.2. The summed E-state index contributed by atoms with van der Waals surface area (Å²) in [4.78, 5) is 28.2. The van der Waals surface area contributed by atoms with Crippen molar-refractivity contribution in [1.29, 1.82) is 0 Å². The average Bonchev–Trinajstić information content (AvgIpc) is 2.67. The Hall–Kier alpha value is -3.19. The van der Waals surface area contributed by atoms with Crippen LogP contribution in [0.5, 0.6) is 0 Å². The number of nitrogens with zero attached hydrogens (tertiary/aromatic N) is 2. The number of carboxylic acid groups (broad SMARTS) is 1. The van der Waals surface area contributed by atoms with E-state index in [0.29, 0.717) is 18.5 Å². The molecule has 0 aliphatic carbocycles. The molecule has 0 fully saturated rings. The molecule has 1 aromatic heterocycles. The van der Waals surface area contributed by atoms with Gasteiger partial charge in [0.25, 0.3) is 5.56 Å². The lowest BCUT2D eigenvalue weighted by Gasteiger charge is -2.15. The second-order valence-corrected chi connectivity index (χ2v) is 6.41. The Kier molecular flexibility index (Phi) is 6.06. The van der Waals surface area contributed by atoms with Crippen LogP contribution >= 0.6 is 11.6 Å². The first-order valence-corrected chi connectivity index (χ1v) is 8.89. The fourth-order valence-corrected chi connectivity index (χ4v) is 3.09. The van der Waals surface area contributed by atoms with Crippen molar-refractivity contribution in [2.75, 3.05) is 11.9 Å². The van der Waals surface area contributed by atoms with Crippen molar-refractivity contribution in [2.24, 2.45) is 0 Å². The van der Waals surface area contributed by atoms with E-state index in [0.717, 1.165) is 10.1 Å². The lowest BCUT2D eigenvalue weighted by atomic mass is 10.1. The smallest absolute Gasteiger partial charge is 0.323 e. The molecule has 0 bridgehead atoms. The Morgan fingerprint density at radius 2 is 1.82 bits per heavy atom. The van der Waals surface area contributed by atoms with Crippen molar-refractivity contribution in [3.05, 3.63) is 81.5 Å². The topological polar surface area (TPSA) is 84.2 Å². The van der Waals surface area contributed by atoms with Gasteiger partial charge < -0.3 is 10.4 Å². The molecule has 2 N–H and O–H groups in total. The first-order valence-electron chi connectivity index (χ1n) is 8.51. The van der Waals surface area contributed by atoms with E-state index >= 15 is 0 Å². The van der Waals surface area contributed by atoms with E-state index in [1.165, 1.54) is 24.3 Å². The van der Waals surface area contributed by atoms with Gasteiger partial charge in [-0.05, 0) is 36.2 Å². The van der Waals surface area contributed by atoms with Crippen LogP contribution in [0.4, 0.5) is 10.2 Å². The molecule has 6 nitrogen and oxygen atoms in total. The van der Waals surface area contributed by atoms with Crippen LogP contribution < -0.4 is 10.9 Å². The molecule has 0 saturated carbocycles. The molecule has 0 aliphatic heterocycles. The maximum Gasteiger partial charge on any atom is 0.323 e. The number of hydrogen-bond donors (Lipinski definition) is 2. The second-order valence-electron chi connectivity index (χ2n) is 6.05. The average molecular weight is 402 g/mol. The SMILES string of the molecule is O=C(O)Cn1c(-c2ccc(F)cc2)c(Cl)nc(NCCc2ccccc2)c1=O. The molecule has 0 spiro atoms. The Balaban J connectivity index is 1.94. The number of rotatable bonds is 7. The predicted molar refractivity (Wildman–Crippen MR) is 105 cm³/mol. The van der Waals surface area contributed by atoms with Crippen LogP contribution in [-0.4, -0.2) is 27.2 Å². The Bertz CT molecular complexity index is 1040. The number of halogens is 2. The highest BCUT2D eigenvalue weighted by Crippen LogP contribution is 2.26. The summed E-state index contributed by atoms with van der Waals surface area (Å²) < 4.78 is 14.2. The van der Waals surface area contributed by atoms with Gasteiger partial charge in [0, 0.05) is 12.1 Å². The van der Waals surface area contributed by atoms with Crippen molar-refractivity contribution < 1.29 is 14.3 Å². The number of carbonyl (C=O) groups is 1. The molecule has 2 aromatic carbocycles. The van der Waals surface area contributed by atoms with E-state index in [2.05, 4.69) is 10.3 Å². The summed E-state index contributed by atoms with van der Waals surface area (Å²) in [6.45, 7) is -0.174. The van der Waals surface area contributed by atoms with E-state index in [-0.39, 0.29) is 16.7 Å². The van der Waals surface area contributed by atoms with Gasteiger partial charge in [0.05, 0.1) is 5.69 Å². The number of nitrogens with one attached hydrogen (secondary N) is 1. The lowest BCUT2D eigenvalue weighted by molar-refractivity contribution is -0.137. The molecule has 0 amide bonds. The number of aliphatic carboxylic acids is 1. The molecule has 0 saturated heterocycles. The minimum absolute atomic E-state index is 0.0342. The highest BCUT2D eigenvalue weighted by molar-refractivity contribution is 6.32. The molecule has 1 heterocycles. The third kappa shape index (κ3) is 4.55. The molecule has 0 aliphatic rings. The van der Waals surface area contributed by atoms with E-state index < -0.39 is 23.9 Å². The van der Waals surface area contributed by atoms with Crippen molar-refractivity contribution in [3.8, 4) is 11.3 Å². The quantitative estimate of drug-likeness (QED) is 0.633. The van der Waals surface area contributed by atoms with Crippen LogP contribution in [0.25, 0.3) is 11.3 Å². The zero-order chi connectivity index (χ0) is 20.1. The molecular formula is C20H17ClFN3O3. The largest absolute Gasteiger partial charge is 0.480 e. The van der Waals surface area contributed by atoms with E-state index in [9.17, 15) is 19.1 Å². The van der Waals surface area contributed by atoms with Gasteiger partial charge in [-0.25, -0.2) is 9.37 Å². The third-order valence-electron chi connectivity index (χ3n) is 4.08. The number of benzene rings is 2. The lowest BCUT2D eigenvalue weighted by Crippen LogP contribution is -2.30. The molecule has 0 unspecified atom stereocenters. The van der Waals surface area contributed by atoms with Crippen molar-refractivity contribution >= 4 is 23.4 Å². The summed E-state index contributed by atoms with van der Waals surface area (Å²) in [6.07, 6.45) is 0.651. The summed E-state index contributed by atoms with van der Waals surface area (Å²) >= 11 is 6.26. The number of aromatic nitrogens is 2. The standard InChI is InChI=1S/C20H17ClFN3O3/c21-18-17(14-6-8-15(22)9-7-14)25(12-16(26)27)20(28)19(24-18)23-11-10-13-4-2-1-3-5-13/h1-9H,10-12H2,(H,23,24)(H,26,27). The molecular weight excluding hydrogens is 385 g/mol. The molecule has 3 aromatic rings. The molecule has 8 heteroatoms. The molecule has 3 rings (SSSR count). The van der Waals surface area contributed by atoms with Gasteiger partial charge in [-0.1, -0.05) is 41.9 Å². The first kappa shape index (κ1) is 19.6. The van der Waals surface area contributed by atoms with Crippen LogP contribution in [0.3, 0.4) is 0 Å². The summed E-state index contributed by atoms with van der Waals surface area (Å²) in [7, 11) is 0. The van der Waals surface area contributed by atoms with Gasteiger partial charge in [0.2, 0.25) is 0 Å². The zero-order valence-electron chi connectivity index (χ0n) is 14.7. The second kappa shape index (κ2) is 8.67. The predicted octanol–water partition coefficient (Wildman–Crippen LogP) is 3.44. The Labute approximate surface area is 165 Å². The number of carboxylic acids is 1. The van der Waals surface area contributed by atoms with E-state index in [1.54, 1.807) is 0 Å². The van der Waals surface area contributed by atoms with Crippen LogP contribution in [0.2, 0.25) is 5.15 Å². The Morgan fingerprint density at radius 1 is 1.14 bits per heavy atom. The summed E-state index contributed by atoms with van der Waals surface area (Å²) in [5.41, 5.74) is 0.991. The monoisotopic (exact) mass is 401 g/mol. The van der Waals surface area contributed by atoms with E-state index in [4.69, 9.17) is 11.6 Å². The van der Waals surface area contributed by atoms with Crippen LogP contribution in [0.15, 0.2) is 59.4 Å². The molecule has 0 radical (unpaired) electrons. The van der Waals surface area contributed by atoms with Gasteiger partial charge in [0.1, 0.15) is 12.4 Å². The highest BCUT2D eigenvalue weighted by Gasteiger charge is 2.19.